The predicted molar refractivity (Wildman–Crippen MR) is 99.4 cm³/mol. The van der Waals surface area contributed by atoms with E-state index in [-0.39, 0.29) is 5.71 Å². The molecule has 3 rings (SSSR count). The lowest BCUT2D eigenvalue weighted by atomic mass is 10.1. The Kier molecular flexibility index (Phi) is 5.12. The molecule has 122 valence electrons. The second-order valence-corrected chi connectivity index (χ2v) is 5.31. The molecular formula is C21H16N2O2. The Morgan fingerprint density at radius 3 is 1.80 bits per heavy atom. The number of para-hydroxylation sites is 2. The molecule has 0 heterocycles. The van der Waals surface area contributed by atoms with Gasteiger partial charge in [0.05, 0.1) is 5.69 Å². The number of carbonyl (C=O) groups is 2. The molecule has 0 aliphatic heterocycles. The van der Waals surface area contributed by atoms with Gasteiger partial charge < -0.3 is 5.32 Å². The molecule has 0 bridgehead atoms. The molecule has 0 atom stereocenters. The summed E-state index contributed by atoms with van der Waals surface area (Å²) in [5, 5.41) is 2.72. The van der Waals surface area contributed by atoms with Crippen LogP contribution >= 0.6 is 0 Å². The number of hydrogen-bond donors (Lipinski definition) is 1. The van der Waals surface area contributed by atoms with Crippen LogP contribution in [0, 0.1) is 0 Å². The summed E-state index contributed by atoms with van der Waals surface area (Å²) in [5.74, 6) is -0.957. The van der Waals surface area contributed by atoms with Crippen LogP contribution in [0.4, 0.5) is 11.4 Å². The van der Waals surface area contributed by atoms with E-state index >= 15 is 0 Å². The van der Waals surface area contributed by atoms with Gasteiger partial charge in [-0.15, -0.1) is 0 Å². The highest BCUT2D eigenvalue weighted by molar-refractivity contribution is 6.70. The maximum atomic E-state index is 12.8. The Morgan fingerprint density at radius 2 is 1.20 bits per heavy atom. The van der Waals surface area contributed by atoms with Crippen molar-refractivity contribution in [1.82, 2.24) is 0 Å². The summed E-state index contributed by atoms with van der Waals surface area (Å²) in [6.45, 7) is 0. The molecule has 0 fully saturated rings. The van der Waals surface area contributed by atoms with Gasteiger partial charge >= 0.3 is 0 Å². The molecule has 0 aliphatic carbocycles. The third kappa shape index (κ3) is 4.26. The van der Waals surface area contributed by atoms with Crippen LogP contribution in [0.5, 0.6) is 0 Å². The first-order valence-electron chi connectivity index (χ1n) is 7.84. The minimum atomic E-state index is -0.538. The van der Waals surface area contributed by atoms with Gasteiger partial charge in [0, 0.05) is 11.3 Å². The first kappa shape index (κ1) is 16.3. The topological polar surface area (TPSA) is 58.5 Å². The smallest absolute Gasteiger partial charge is 0.278 e. The monoisotopic (exact) mass is 328 g/mol. The summed E-state index contributed by atoms with van der Waals surface area (Å²) in [4.78, 5) is 29.7. The van der Waals surface area contributed by atoms with Crippen LogP contribution in [0.3, 0.4) is 0 Å². The highest BCUT2D eigenvalue weighted by atomic mass is 16.2. The Bertz CT molecular complexity index is 889. The van der Waals surface area contributed by atoms with Crippen molar-refractivity contribution in [2.75, 3.05) is 5.32 Å². The molecule has 0 saturated heterocycles. The van der Waals surface area contributed by atoms with Gasteiger partial charge in [0.15, 0.2) is 5.71 Å². The first-order valence-corrected chi connectivity index (χ1v) is 7.84. The maximum Gasteiger partial charge on any atom is 0.278 e. The molecule has 1 N–H and O–H groups in total. The number of rotatable bonds is 5. The van der Waals surface area contributed by atoms with Crippen molar-refractivity contribution in [3.63, 3.8) is 0 Å². The van der Waals surface area contributed by atoms with Gasteiger partial charge in [-0.3, -0.25) is 9.59 Å². The third-order valence-corrected chi connectivity index (χ3v) is 3.49. The normalized spacial score (nSPS) is 11.0. The quantitative estimate of drug-likeness (QED) is 0.432. The van der Waals surface area contributed by atoms with Crippen molar-refractivity contribution in [1.29, 1.82) is 0 Å². The summed E-state index contributed by atoms with van der Waals surface area (Å²) >= 11 is 0. The number of Topliss-reactive ketones (excluding diaryl/α,β-unsaturated/α-hetero) is 1. The van der Waals surface area contributed by atoms with Crippen LogP contribution < -0.4 is 5.32 Å². The molecule has 0 radical (unpaired) electrons. The number of anilines is 1. The zero-order valence-electron chi connectivity index (χ0n) is 13.4. The minimum Gasteiger partial charge on any atom is -0.321 e. The largest absolute Gasteiger partial charge is 0.321 e. The van der Waals surface area contributed by atoms with Crippen molar-refractivity contribution in [3.8, 4) is 0 Å². The van der Waals surface area contributed by atoms with E-state index in [4.69, 9.17) is 0 Å². The summed E-state index contributed by atoms with van der Waals surface area (Å²) < 4.78 is 0. The van der Waals surface area contributed by atoms with Crippen molar-refractivity contribution in [2.45, 2.75) is 0 Å². The summed E-state index contributed by atoms with van der Waals surface area (Å²) in [7, 11) is 0. The number of amides is 1. The van der Waals surface area contributed by atoms with Crippen molar-refractivity contribution >= 4 is 28.8 Å². The van der Waals surface area contributed by atoms with E-state index in [1.165, 1.54) is 0 Å². The number of carbonyl (C=O) groups excluding carboxylic acids is 2. The van der Waals surface area contributed by atoms with Crippen LogP contribution in [0.25, 0.3) is 0 Å². The fourth-order valence-corrected chi connectivity index (χ4v) is 2.27. The van der Waals surface area contributed by atoms with Gasteiger partial charge in [-0.25, -0.2) is 4.99 Å². The second-order valence-electron chi connectivity index (χ2n) is 5.31. The molecule has 25 heavy (non-hydrogen) atoms. The Hall–Kier alpha value is -3.53. The van der Waals surface area contributed by atoms with Crippen LogP contribution in [0.1, 0.15) is 10.4 Å². The number of ketones is 1. The zero-order chi connectivity index (χ0) is 17.5. The van der Waals surface area contributed by atoms with Gasteiger partial charge in [-0.1, -0.05) is 66.7 Å². The van der Waals surface area contributed by atoms with E-state index in [1.807, 2.05) is 30.3 Å². The second kappa shape index (κ2) is 7.84. The molecular weight excluding hydrogens is 312 g/mol. The first-order chi connectivity index (χ1) is 12.2. The highest BCUT2D eigenvalue weighted by Gasteiger charge is 2.22. The number of aliphatic imine (C=N–C) groups is 1. The van der Waals surface area contributed by atoms with Crippen molar-refractivity contribution < 1.29 is 9.59 Å². The van der Waals surface area contributed by atoms with Crippen LogP contribution in [-0.4, -0.2) is 17.4 Å². The fourth-order valence-electron chi connectivity index (χ4n) is 2.27. The molecule has 3 aromatic carbocycles. The SMILES string of the molecule is O=C(Nc1ccccc1)C(=Nc1ccccc1)C(=O)c1ccccc1. The van der Waals surface area contributed by atoms with E-state index in [0.29, 0.717) is 16.9 Å². The molecule has 0 aromatic heterocycles. The Morgan fingerprint density at radius 1 is 0.680 bits per heavy atom. The van der Waals surface area contributed by atoms with E-state index in [2.05, 4.69) is 10.3 Å². The van der Waals surface area contributed by atoms with E-state index in [9.17, 15) is 9.59 Å². The summed E-state index contributed by atoms with van der Waals surface area (Å²) in [6.07, 6.45) is 0. The number of nitrogens with one attached hydrogen (secondary N) is 1. The van der Waals surface area contributed by atoms with E-state index < -0.39 is 11.7 Å². The maximum absolute atomic E-state index is 12.8. The average Bonchev–Trinajstić information content (AvgIpc) is 2.68. The van der Waals surface area contributed by atoms with Crippen LogP contribution in [0.15, 0.2) is 96.0 Å². The van der Waals surface area contributed by atoms with Gasteiger partial charge in [0.25, 0.3) is 5.91 Å². The highest BCUT2D eigenvalue weighted by Crippen LogP contribution is 2.14. The molecule has 4 nitrogen and oxygen atoms in total. The van der Waals surface area contributed by atoms with Gasteiger partial charge in [0.2, 0.25) is 5.78 Å². The van der Waals surface area contributed by atoms with Crippen LogP contribution in [0.2, 0.25) is 0 Å². The summed E-state index contributed by atoms with van der Waals surface area (Å²) in [5.41, 5.74) is 1.42. The van der Waals surface area contributed by atoms with Gasteiger partial charge in [-0.05, 0) is 24.3 Å². The van der Waals surface area contributed by atoms with Crippen LogP contribution in [-0.2, 0) is 4.79 Å². The predicted octanol–water partition coefficient (Wildman–Crippen LogP) is 4.28. The molecule has 0 saturated carbocycles. The zero-order valence-corrected chi connectivity index (χ0v) is 13.4. The molecule has 0 unspecified atom stereocenters. The molecule has 4 heteroatoms. The molecule has 3 aromatic rings. The fraction of sp³-hybridized carbons (Fsp3) is 0. The minimum absolute atomic E-state index is 0.152. The average molecular weight is 328 g/mol. The third-order valence-electron chi connectivity index (χ3n) is 3.49. The summed E-state index contributed by atoms with van der Waals surface area (Å²) in [6, 6.07) is 26.6. The number of nitrogens with zero attached hydrogens (tertiary/aromatic N) is 1. The molecule has 0 aliphatic rings. The number of hydrogen-bond acceptors (Lipinski definition) is 3. The van der Waals surface area contributed by atoms with E-state index in [1.54, 1.807) is 60.7 Å². The van der Waals surface area contributed by atoms with E-state index in [0.717, 1.165) is 0 Å². The lowest BCUT2D eigenvalue weighted by molar-refractivity contribution is -0.110. The van der Waals surface area contributed by atoms with Crippen molar-refractivity contribution in [3.05, 3.63) is 96.6 Å². The Labute approximate surface area is 145 Å². The molecule has 0 spiro atoms. The lowest BCUT2D eigenvalue weighted by Gasteiger charge is -2.08. The number of benzene rings is 3. The van der Waals surface area contributed by atoms with Gasteiger partial charge in [0.1, 0.15) is 0 Å². The standard InChI is InChI=1S/C21H16N2O2/c24-20(16-10-4-1-5-11-16)19(22-17-12-6-2-7-13-17)21(25)23-18-14-8-3-9-15-18/h1-15H,(H,23,25). The van der Waals surface area contributed by atoms with Crippen molar-refractivity contribution in [2.24, 2.45) is 4.99 Å². The lowest BCUT2D eigenvalue weighted by Crippen LogP contribution is -2.30. The Balaban J connectivity index is 1.96. The van der Waals surface area contributed by atoms with Gasteiger partial charge in [-0.2, -0.15) is 0 Å². The molecule has 1 amide bonds.